The van der Waals surface area contributed by atoms with Gasteiger partial charge in [0, 0.05) is 26.2 Å². The van der Waals surface area contributed by atoms with E-state index >= 15 is 0 Å². The Morgan fingerprint density at radius 1 is 0.938 bits per heavy atom. The second kappa shape index (κ2) is 8.88. The molecule has 1 atom stereocenters. The lowest BCUT2D eigenvalue weighted by Gasteiger charge is -2.35. The third-order valence-corrected chi connectivity index (χ3v) is 6.97. The molecule has 1 amide bonds. The molecule has 3 aromatic rings. The average Bonchev–Trinajstić information content (AvgIpc) is 3.00. The van der Waals surface area contributed by atoms with Crippen LogP contribution in [0.4, 0.5) is 5.82 Å². The van der Waals surface area contributed by atoms with E-state index in [-0.39, 0.29) is 5.92 Å². The van der Waals surface area contributed by atoms with Gasteiger partial charge in [0.2, 0.25) is 5.91 Å². The summed E-state index contributed by atoms with van der Waals surface area (Å²) in [4.78, 5) is 17.6. The van der Waals surface area contributed by atoms with Crippen LogP contribution in [0.25, 0.3) is 16.6 Å². The predicted octanol–water partition coefficient (Wildman–Crippen LogP) is 4.05. The number of hydrogen-bond donors (Lipinski definition) is 0. The average molecular weight is 433 g/mol. The molecule has 0 radical (unpaired) electrons. The van der Waals surface area contributed by atoms with E-state index < -0.39 is 0 Å². The lowest BCUT2D eigenvalue weighted by molar-refractivity contribution is -0.135. The van der Waals surface area contributed by atoms with E-state index in [1.54, 1.807) is 0 Å². The number of anilines is 1. The van der Waals surface area contributed by atoms with Gasteiger partial charge in [-0.25, -0.2) is 4.68 Å². The van der Waals surface area contributed by atoms with E-state index in [0.717, 1.165) is 79.1 Å². The summed E-state index contributed by atoms with van der Waals surface area (Å²) in [6.45, 7) is 7.47. The lowest BCUT2D eigenvalue weighted by atomic mass is 9.96. The largest absolute Gasteiger partial charge is 0.352 e. The zero-order valence-corrected chi connectivity index (χ0v) is 19.1. The predicted molar refractivity (Wildman–Crippen MR) is 126 cm³/mol. The first kappa shape index (κ1) is 20.9. The Balaban J connectivity index is 1.46. The van der Waals surface area contributed by atoms with Gasteiger partial charge in [0.1, 0.15) is 5.52 Å². The fraction of sp³-hybridized carbons (Fsp3) is 0.520. The summed E-state index contributed by atoms with van der Waals surface area (Å²) in [6.07, 6.45) is 6.66. The number of amides is 1. The van der Waals surface area contributed by atoms with Gasteiger partial charge in [-0.1, -0.05) is 31.0 Å². The zero-order valence-electron chi connectivity index (χ0n) is 19.1. The molecule has 0 unspecified atom stereocenters. The molecule has 0 N–H and O–H groups in total. The minimum atomic E-state index is 0.0253. The Hall–Kier alpha value is -2.96. The number of hydrogen-bond acceptors (Lipinski definition) is 5. The summed E-state index contributed by atoms with van der Waals surface area (Å²) in [6, 6.07) is 10.2. The summed E-state index contributed by atoms with van der Waals surface area (Å²) in [5.41, 5.74) is 3.85. The second-order valence-electron chi connectivity index (χ2n) is 9.19. The van der Waals surface area contributed by atoms with Crippen molar-refractivity contribution in [3.63, 3.8) is 0 Å². The van der Waals surface area contributed by atoms with Gasteiger partial charge in [-0.3, -0.25) is 4.79 Å². The topological polar surface area (TPSA) is 67.2 Å². The molecular weight excluding hydrogens is 400 g/mol. The van der Waals surface area contributed by atoms with Gasteiger partial charge < -0.3 is 9.80 Å². The fourth-order valence-electron chi connectivity index (χ4n) is 5.27. The maximum atomic E-state index is 13.3. The molecule has 2 aliphatic heterocycles. The van der Waals surface area contributed by atoms with Crippen LogP contribution >= 0.6 is 0 Å². The monoisotopic (exact) mass is 432 g/mol. The van der Waals surface area contributed by atoms with E-state index in [2.05, 4.69) is 39.1 Å². The fourth-order valence-corrected chi connectivity index (χ4v) is 5.27. The van der Waals surface area contributed by atoms with Crippen molar-refractivity contribution in [1.82, 2.24) is 24.9 Å². The number of aromatic nitrogens is 4. The molecule has 4 heterocycles. The maximum Gasteiger partial charge on any atom is 0.227 e. The van der Waals surface area contributed by atoms with Gasteiger partial charge in [0.15, 0.2) is 5.82 Å². The highest BCUT2D eigenvalue weighted by Gasteiger charge is 2.32. The molecule has 2 aromatic heterocycles. The summed E-state index contributed by atoms with van der Waals surface area (Å²) >= 11 is 0. The van der Waals surface area contributed by atoms with Crippen LogP contribution in [0, 0.1) is 19.8 Å². The van der Waals surface area contributed by atoms with Crippen LogP contribution in [-0.4, -0.2) is 57.0 Å². The van der Waals surface area contributed by atoms with Gasteiger partial charge in [0.05, 0.1) is 28.4 Å². The molecule has 5 rings (SSSR count). The minimum absolute atomic E-state index is 0.0253. The maximum absolute atomic E-state index is 13.3. The van der Waals surface area contributed by atoms with Crippen LogP contribution in [0.5, 0.6) is 0 Å². The highest BCUT2D eigenvalue weighted by Crippen LogP contribution is 2.32. The summed E-state index contributed by atoms with van der Waals surface area (Å²) < 4.78 is 1.98. The zero-order chi connectivity index (χ0) is 22.1. The smallest absolute Gasteiger partial charge is 0.227 e. The Morgan fingerprint density at radius 2 is 1.69 bits per heavy atom. The van der Waals surface area contributed by atoms with Gasteiger partial charge in [-0.05, 0) is 51.7 Å². The van der Waals surface area contributed by atoms with E-state index in [0.29, 0.717) is 12.5 Å². The van der Waals surface area contributed by atoms with Crippen molar-refractivity contribution in [2.24, 2.45) is 5.92 Å². The lowest BCUT2D eigenvalue weighted by Crippen LogP contribution is -2.45. The Kier molecular flexibility index (Phi) is 5.81. The number of carbonyl (C=O) groups is 1. The first-order chi connectivity index (χ1) is 15.6. The van der Waals surface area contributed by atoms with Crippen molar-refractivity contribution in [3.05, 3.63) is 41.7 Å². The van der Waals surface area contributed by atoms with Crippen LogP contribution in [0.15, 0.2) is 30.3 Å². The van der Waals surface area contributed by atoms with Gasteiger partial charge in [-0.15, -0.1) is 5.10 Å². The highest BCUT2D eigenvalue weighted by atomic mass is 16.2. The number of piperidine rings is 1. The molecule has 0 saturated carbocycles. The normalized spacial score (nSPS) is 19.9. The number of fused-ring (bicyclic) bond motifs is 1. The van der Waals surface area contributed by atoms with Crippen molar-refractivity contribution < 1.29 is 4.79 Å². The summed E-state index contributed by atoms with van der Waals surface area (Å²) in [7, 11) is 0. The van der Waals surface area contributed by atoms with Crippen LogP contribution in [0.2, 0.25) is 0 Å². The first-order valence-corrected chi connectivity index (χ1v) is 12.0. The highest BCUT2D eigenvalue weighted by molar-refractivity contribution is 5.92. The van der Waals surface area contributed by atoms with Crippen LogP contribution in [-0.2, 0) is 4.79 Å². The molecule has 0 bridgehead atoms. The molecule has 2 aliphatic rings. The number of aryl methyl sites for hydroxylation is 2. The number of benzene rings is 1. The molecule has 0 spiro atoms. The SMILES string of the molecule is Cc1nnc(N2CCC[C@H](C(=O)N3CCCCCC3)C2)c2nn(-c3ccccc3)c(C)c12. The Labute approximate surface area is 189 Å². The quantitative estimate of drug-likeness (QED) is 0.625. The molecule has 32 heavy (non-hydrogen) atoms. The summed E-state index contributed by atoms with van der Waals surface area (Å²) in [5, 5.41) is 15.1. The van der Waals surface area contributed by atoms with Crippen molar-refractivity contribution in [3.8, 4) is 5.69 Å². The summed E-state index contributed by atoms with van der Waals surface area (Å²) in [5.74, 6) is 1.15. The van der Waals surface area contributed by atoms with E-state index in [4.69, 9.17) is 5.10 Å². The second-order valence-corrected chi connectivity index (χ2v) is 9.19. The molecule has 2 saturated heterocycles. The standard InChI is InChI=1S/C25H32N6O/c1-18-22-19(2)31(21-12-6-5-7-13-21)28-23(22)24(27-26-18)30-16-10-11-20(17-30)25(32)29-14-8-3-4-9-15-29/h5-7,12-13,20H,3-4,8-11,14-17H2,1-2H3/t20-/m0/s1. The van der Waals surface area contributed by atoms with Gasteiger partial charge >= 0.3 is 0 Å². The van der Waals surface area contributed by atoms with Crippen LogP contribution < -0.4 is 4.90 Å². The van der Waals surface area contributed by atoms with E-state index in [1.807, 2.05) is 29.8 Å². The molecule has 7 heteroatoms. The van der Waals surface area contributed by atoms with Crippen molar-refractivity contribution in [2.45, 2.75) is 52.4 Å². The molecule has 0 aliphatic carbocycles. The molecule has 7 nitrogen and oxygen atoms in total. The number of para-hydroxylation sites is 1. The third-order valence-electron chi connectivity index (χ3n) is 6.97. The van der Waals surface area contributed by atoms with Crippen molar-refractivity contribution in [1.29, 1.82) is 0 Å². The van der Waals surface area contributed by atoms with Crippen LogP contribution in [0.1, 0.15) is 49.9 Å². The number of likely N-dealkylation sites (tertiary alicyclic amines) is 1. The molecule has 2 fully saturated rings. The number of nitrogens with zero attached hydrogens (tertiary/aromatic N) is 6. The van der Waals surface area contributed by atoms with E-state index in [9.17, 15) is 4.79 Å². The number of rotatable bonds is 3. The van der Waals surface area contributed by atoms with Crippen molar-refractivity contribution in [2.75, 3.05) is 31.1 Å². The molecule has 1 aromatic carbocycles. The van der Waals surface area contributed by atoms with E-state index in [1.165, 1.54) is 12.8 Å². The Morgan fingerprint density at radius 3 is 2.44 bits per heavy atom. The minimum Gasteiger partial charge on any atom is -0.352 e. The molecular formula is C25H32N6O. The molecule has 168 valence electrons. The third kappa shape index (κ3) is 3.85. The van der Waals surface area contributed by atoms with Crippen LogP contribution in [0.3, 0.4) is 0 Å². The van der Waals surface area contributed by atoms with Crippen molar-refractivity contribution >= 4 is 22.6 Å². The van der Waals surface area contributed by atoms with Gasteiger partial charge in [-0.2, -0.15) is 10.2 Å². The Bertz CT molecular complexity index is 1100. The number of carbonyl (C=O) groups excluding carboxylic acids is 1. The first-order valence-electron chi connectivity index (χ1n) is 12.0. The van der Waals surface area contributed by atoms with Gasteiger partial charge in [0.25, 0.3) is 0 Å².